The quantitative estimate of drug-likeness (QED) is 0.222. The zero-order valence-corrected chi connectivity index (χ0v) is 24.5. The highest BCUT2D eigenvalue weighted by Gasteiger charge is 2.22. The SMILES string of the molecule is CCCCc1ccc(C#CC2=Nc3ccc4c5c(ccc(c35)S2)N=C(C#Cc2ccc(CCCC)cc2)S4)cc1. The molecule has 0 unspecified atom stereocenters. The summed E-state index contributed by atoms with van der Waals surface area (Å²) in [5.74, 6) is 13.2. The van der Waals surface area contributed by atoms with Gasteiger partial charge in [-0.1, -0.05) is 86.3 Å². The molecule has 0 fully saturated rings. The van der Waals surface area contributed by atoms with E-state index in [9.17, 15) is 0 Å². The molecule has 0 atom stereocenters. The average Bonchev–Trinajstić information content (AvgIpc) is 3.00. The largest absolute Gasteiger partial charge is 0.232 e. The van der Waals surface area contributed by atoms with Crippen molar-refractivity contribution in [2.45, 2.75) is 62.2 Å². The summed E-state index contributed by atoms with van der Waals surface area (Å²) >= 11 is 3.28. The first-order valence-corrected chi connectivity index (χ1v) is 15.7. The zero-order chi connectivity index (χ0) is 27.3. The molecule has 4 aromatic rings. The molecule has 196 valence electrons. The maximum atomic E-state index is 4.92. The summed E-state index contributed by atoms with van der Waals surface area (Å²) in [7, 11) is 0. The van der Waals surface area contributed by atoms with E-state index in [1.165, 1.54) is 46.6 Å². The Hall–Kier alpha value is -3.70. The Bertz CT molecular complexity index is 1620. The minimum absolute atomic E-state index is 0.824. The lowest BCUT2D eigenvalue weighted by molar-refractivity contribution is 0.795. The summed E-state index contributed by atoms with van der Waals surface area (Å²) in [4.78, 5) is 12.2. The molecule has 2 heterocycles. The first kappa shape index (κ1) is 26.5. The van der Waals surface area contributed by atoms with Gasteiger partial charge in [0.05, 0.1) is 11.4 Å². The molecule has 40 heavy (non-hydrogen) atoms. The highest BCUT2D eigenvalue weighted by Crippen LogP contribution is 2.49. The van der Waals surface area contributed by atoms with Crippen LogP contribution in [0.25, 0.3) is 10.8 Å². The molecule has 0 aliphatic carbocycles. The first-order chi connectivity index (χ1) is 19.7. The summed E-state index contributed by atoms with van der Waals surface area (Å²) in [6.45, 7) is 4.45. The summed E-state index contributed by atoms with van der Waals surface area (Å²) in [5, 5.41) is 3.98. The lowest BCUT2D eigenvalue weighted by Gasteiger charge is -2.20. The number of unbranched alkanes of at least 4 members (excludes halogenated alkanes) is 2. The second kappa shape index (κ2) is 12.2. The van der Waals surface area contributed by atoms with E-state index in [4.69, 9.17) is 9.98 Å². The van der Waals surface area contributed by atoms with Gasteiger partial charge in [-0.3, -0.25) is 0 Å². The van der Waals surface area contributed by atoms with Gasteiger partial charge >= 0.3 is 0 Å². The summed E-state index contributed by atoms with van der Waals surface area (Å²) < 4.78 is 0. The van der Waals surface area contributed by atoms with Crippen molar-refractivity contribution in [3.63, 3.8) is 0 Å². The van der Waals surface area contributed by atoms with E-state index in [-0.39, 0.29) is 0 Å². The van der Waals surface area contributed by atoms with Crippen LogP contribution in [0.3, 0.4) is 0 Å². The van der Waals surface area contributed by atoms with E-state index in [0.717, 1.165) is 56.2 Å². The topological polar surface area (TPSA) is 24.7 Å². The van der Waals surface area contributed by atoms with Crippen LogP contribution in [0.15, 0.2) is 92.6 Å². The Morgan fingerprint density at radius 2 is 0.950 bits per heavy atom. The van der Waals surface area contributed by atoms with Crippen molar-refractivity contribution in [2.24, 2.45) is 9.98 Å². The van der Waals surface area contributed by atoms with Crippen LogP contribution in [0.5, 0.6) is 0 Å². The predicted octanol–water partition coefficient (Wildman–Crippen LogP) is 9.90. The van der Waals surface area contributed by atoms with Gasteiger partial charge < -0.3 is 0 Å². The third-order valence-electron chi connectivity index (χ3n) is 7.07. The molecule has 0 bridgehead atoms. The zero-order valence-electron chi connectivity index (χ0n) is 22.9. The summed E-state index contributed by atoms with van der Waals surface area (Å²) in [6.07, 6.45) is 7.12. The van der Waals surface area contributed by atoms with Gasteiger partial charge in [0, 0.05) is 31.7 Å². The van der Waals surface area contributed by atoms with E-state index in [0.29, 0.717) is 0 Å². The number of nitrogens with zero attached hydrogens (tertiary/aromatic N) is 2. The Kier molecular flexibility index (Phi) is 8.10. The molecular formula is C36H30N2S2. The standard InChI is InChI=1S/C36H30N2S2/c1-3-5-7-25-9-13-27(14-10-25)17-23-33-37-29-19-22-32-36-30(20-21-31(39-33)35(29)36)38-34(40-32)24-18-28-15-11-26(12-16-28)8-6-4-2/h9-16,19-22H,3-8H2,1-2H3. The Balaban J connectivity index is 1.23. The first-order valence-electron chi connectivity index (χ1n) is 14.0. The van der Waals surface area contributed by atoms with Crippen LogP contribution in [0.2, 0.25) is 0 Å². The molecule has 0 radical (unpaired) electrons. The fraction of sp³-hybridized carbons (Fsp3) is 0.222. The number of thioether (sulfide) groups is 2. The highest BCUT2D eigenvalue weighted by molar-refractivity contribution is 8.15. The lowest BCUT2D eigenvalue weighted by Crippen LogP contribution is -1.99. The second-order valence-electron chi connectivity index (χ2n) is 10.1. The Labute approximate surface area is 245 Å². The molecule has 0 amide bonds. The molecule has 4 aromatic carbocycles. The van der Waals surface area contributed by atoms with Crippen molar-refractivity contribution in [1.82, 2.24) is 0 Å². The molecule has 0 saturated heterocycles. The molecular weight excluding hydrogens is 525 g/mol. The van der Waals surface area contributed by atoms with Crippen LogP contribution in [-0.2, 0) is 12.8 Å². The normalized spacial score (nSPS) is 13.1. The summed E-state index contributed by atoms with van der Waals surface area (Å²) in [5.41, 5.74) is 6.70. The van der Waals surface area contributed by atoms with Crippen molar-refractivity contribution < 1.29 is 0 Å². The van der Waals surface area contributed by atoms with Crippen LogP contribution in [-0.4, -0.2) is 10.1 Å². The second-order valence-corrected chi connectivity index (χ2v) is 12.1. The van der Waals surface area contributed by atoms with Crippen molar-refractivity contribution in [3.8, 4) is 23.7 Å². The molecule has 6 rings (SSSR count). The molecule has 0 N–H and O–H groups in total. The van der Waals surface area contributed by atoms with Gasteiger partial charge in [-0.05, 0) is 97.2 Å². The Morgan fingerprint density at radius 1 is 0.525 bits per heavy atom. The van der Waals surface area contributed by atoms with Crippen LogP contribution in [0.1, 0.15) is 61.8 Å². The highest BCUT2D eigenvalue weighted by atomic mass is 32.2. The fourth-order valence-electron chi connectivity index (χ4n) is 4.86. The van der Waals surface area contributed by atoms with Crippen molar-refractivity contribution >= 4 is 55.8 Å². The van der Waals surface area contributed by atoms with Crippen molar-refractivity contribution in [1.29, 1.82) is 0 Å². The summed E-state index contributed by atoms with van der Waals surface area (Å²) in [6, 6.07) is 25.7. The number of rotatable bonds is 6. The maximum Gasteiger partial charge on any atom is 0.152 e. The van der Waals surface area contributed by atoms with E-state index in [1.807, 2.05) is 0 Å². The molecule has 0 spiro atoms. The average molecular weight is 555 g/mol. The molecule has 4 heteroatoms. The van der Waals surface area contributed by atoms with Gasteiger partial charge in [0.2, 0.25) is 0 Å². The minimum Gasteiger partial charge on any atom is -0.232 e. The molecule has 2 aliphatic rings. The third-order valence-corrected chi connectivity index (χ3v) is 8.96. The number of aryl methyl sites for hydroxylation is 2. The number of benzene rings is 4. The van der Waals surface area contributed by atoms with E-state index in [2.05, 4.69) is 110 Å². The van der Waals surface area contributed by atoms with Crippen LogP contribution >= 0.6 is 23.5 Å². The molecule has 0 saturated carbocycles. The van der Waals surface area contributed by atoms with E-state index >= 15 is 0 Å². The van der Waals surface area contributed by atoms with Gasteiger partial charge in [-0.25, -0.2) is 9.98 Å². The minimum atomic E-state index is 0.824. The fourth-order valence-corrected chi connectivity index (χ4v) is 6.65. The van der Waals surface area contributed by atoms with E-state index in [1.54, 1.807) is 23.5 Å². The number of aliphatic imine (C=N–C) groups is 2. The lowest BCUT2D eigenvalue weighted by atomic mass is 10.1. The van der Waals surface area contributed by atoms with Crippen molar-refractivity contribution in [2.75, 3.05) is 0 Å². The third kappa shape index (κ3) is 5.90. The van der Waals surface area contributed by atoms with Crippen LogP contribution in [0.4, 0.5) is 11.4 Å². The van der Waals surface area contributed by atoms with Gasteiger partial charge in [0.15, 0.2) is 10.1 Å². The number of hydrogen-bond acceptors (Lipinski definition) is 4. The number of hydrogen-bond donors (Lipinski definition) is 0. The smallest absolute Gasteiger partial charge is 0.152 e. The van der Waals surface area contributed by atoms with E-state index < -0.39 is 0 Å². The Morgan fingerprint density at radius 3 is 1.35 bits per heavy atom. The van der Waals surface area contributed by atoms with Gasteiger partial charge in [0.1, 0.15) is 0 Å². The van der Waals surface area contributed by atoms with Gasteiger partial charge in [-0.2, -0.15) is 0 Å². The predicted molar refractivity (Wildman–Crippen MR) is 174 cm³/mol. The maximum absolute atomic E-state index is 4.92. The molecule has 2 aliphatic heterocycles. The molecule has 0 aromatic heterocycles. The van der Waals surface area contributed by atoms with Gasteiger partial charge in [-0.15, -0.1) is 0 Å². The van der Waals surface area contributed by atoms with Crippen LogP contribution in [0, 0.1) is 23.7 Å². The van der Waals surface area contributed by atoms with Gasteiger partial charge in [0.25, 0.3) is 0 Å². The molecule has 2 nitrogen and oxygen atoms in total. The van der Waals surface area contributed by atoms with Crippen LogP contribution < -0.4 is 0 Å². The van der Waals surface area contributed by atoms with Crippen molar-refractivity contribution in [3.05, 3.63) is 95.1 Å². The monoisotopic (exact) mass is 554 g/mol.